The molecule has 21 heavy (non-hydrogen) atoms. The first-order valence-electron chi connectivity index (χ1n) is 5.79. The fourth-order valence-corrected chi connectivity index (χ4v) is 2.34. The van der Waals surface area contributed by atoms with Crippen LogP contribution >= 0.6 is 15.9 Å². The Bertz CT molecular complexity index is 909. The Labute approximate surface area is 124 Å². The van der Waals surface area contributed by atoms with Crippen molar-refractivity contribution in [2.24, 2.45) is 0 Å². The summed E-state index contributed by atoms with van der Waals surface area (Å²) in [7, 11) is 0. The molecule has 1 heterocycles. The lowest BCUT2D eigenvalue weighted by molar-refractivity contribution is 0.0948. The van der Waals surface area contributed by atoms with Crippen molar-refractivity contribution in [3.63, 3.8) is 0 Å². The van der Waals surface area contributed by atoms with Crippen molar-refractivity contribution in [1.29, 1.82) is 0 Å². The molecule has 0 radical (unpaired) electrons. The molecule has 1 aromatic heterocycles. The number of carbonyl (C=O) groups excluding carboxylic acids is 1. The van der Waals surface area contributed by atoms with Crippen LogP contribution < -0.4 is 5.76 Å². The molecule has 0 spiro atoms. The summed E-state index contributed by atoms with van der Waals surface area (Å²) in [6, 6.07) is 7.53. The molecule has 0 atom stereocenters. The van der Waals surface area contributed by atoms with Gasteiger partial charge < -0.3 is 4.42 Å². The molecule has 0 amide bonds. The third-order valence-electron chi connectivity index (χ3n) is 2.92. The highest BCUT2D eigenvalue weighted by molar-refractivity contribution is 9.10. The first-order valence-corrected chi connectivity index (χ1v) is 6.58. The van der Waals surface area contributed by atoms with Crippen LogP contribution in [-0.4, -0.2) is 10.5 Å². The van der Waals surface area contributed by atoms with Crippen LogP contribution in [0.25, 0.3) is 11.1 Å². The molecule has 3 aromatic rings. The molecule has 0 aliphatic heterocycles. The summed E-state index contributed by atoms with van der Waals surface area (Å²) in [5.41, 5.74) is -0.527. The largest absolute Gasteiger partial charge is 0.427 e. The number of hydrogen-bond acceptors (Lipinski definition) is 3. The SMILES string of the molecule is O=C(c1c(F)cccc1F)n1c(=O)oc2cc(Br)ccc21. The average molecular weight is 354 g/mol. The van der Waals surface area contributed by atoms with E-state index in [1.54, 1.807) is 6.07 Å². The van der Waals surface area contributed by atoms with Crippen molar-refractivity contribution in [1.82, 2.24) is 4.57 Å². The van der Waals surface area contributed by atoms with E-state index in [1.807, 2.05) is 0 Å². The van der Waals surface area contributed by atoms with Crippen molar-refractivity contribution < 1.29 is 18.0 Å². The lowest BCUT2D eigenvalue weighted by atomic mass is 10.2. The van der Waals surface area contributed by atoms with Gasteiger partial charge in [-0.1, -0.05) is 22.0 Å². The number of fused-ring (bicyclic) bond motifs is 1. The van der Waals surface area contributed by atoms with Gasteiger partial charge in [-0.3, -0.25) is 4.79 Å². The molecule has 0 saturated heterocycles. The van der Waals surface area contributed by atoms with Gasteiger partial charge in [0.25, 0.3) is 5.91 Å². The third-order valence-corrected chi connectivity index (χ3v) is 3.42. The standard InChI is InChI=1S/C14H6BrF2NO3/c15-7-4-5-10-11(6-7)21-14(20)18(10)13(19)12-8(16)2-1-3-9(12)17/h1-6H. The fraction of sp³-hybridized carbons (Fsp3) is 0. The van der Waals surface area contributed by atoms with Crippen LogP contribution in [0.1, 0.15) is 10.4 Å². The number of rotatable bonds is 1. The maximum atomic E-state index is 13.7. The van der Waals surface area contributed by atoms with Crippen LogP contribution in [0.5, 0.6) is 0 Å². The zero-order valence-electron chi connectivity index (χ0n) is 10.3. The average Bonchev–Trinajstić information content (AvgIpc) is 2.73. The number of oxazole rings is 1. The van der Waals surface area contributed by atoms with Gasteiger partial charge >= 0.3 is 5.76 Å². The molecule has 2 aromatic carbocycles. The zero-order valence-corrected chi connectivity index (χ0v) is 11.9. The highest BCUT2D eigenvalue weighted by atomic mass is 79.9. The van der Waals surface area contributed by atoms with Gasteiger partial charge in [-0.15, -0.1) is 0 Å². The van der Waals surface area contributed by atoms with E-state index in [-0.39, 0.29) is 11.1 Å². The summed E-state index contributed by atoms with van der Waals surface area (Å²) in [6.45, 7) is 0. The van der Waals surface area contributed by atoms with Crippen molar-refractivity contribution in [2.75, 3.05) is 0 Å². The molecule has 0 N–H and O–H groups in total. The predicted molar refractivity (Wildman–Crippen MR) is 74.3 cm³/mol. The van der Waals surface area contributed by atoms with E-state index in [0.29, 0.717) is 9.04 Å². The second kappa shape index (κ2) is 4.92. The quantitative estimate of drug-likeness (QED) is 0.674. The first-order chi connectivity index (χ1) is 9.99. The van der Waals surface area contributed by atoms with E-state index in [2.05, 4.69) is 15.9 Å². The molecule has 106 valence electrons. The Balaban J connectivity index is 2.28. The predicted octanol–water partition coefficient (Wildman–Crippen LogP) is 3.32. The second-order valence-corrected chi connectivity index (χ2v) is 5.13. The number of hydrogen-bond donors (Lipinski definition) is 0. The van der Waals surface area contributed by atoms with E-state index >= 15 is 0 Å². The smallest absolute Gasteiger partial charge is 0.407 e. The summed E-state index contributed by atoms with van der Waals surface area (Å²) >= 11 is 3.20. The van der Waals surface area contributed by atoms with E-state index < -0.39 is 28.9 Å². The molecule has 7 heteroatoms. The van der Waals surface area contributed by atoms with Crippen LogP contribution in [0.3, 0.4) is 0 Å². The second-order valence-electron chi connectivity index (χ2n) is 4.22. The molecule has 0 unspecified atom stereocenters. The molecule has 0 bridgehead atoms. The fourth-order valence-electron chi connectivity index (χ4n) is 2.00. The highest BCUT2D eigenvalue weighted by Crippen LogP contribution is 2.21. The third kappa shape index (κ3) is 2.19. The van der Waals surface area contributed by atoms with Crippen molar-refractivity contribution in [3.8, 4) is 0 Å². The van der Waals surface area contributed by atoms with Gasteiger partial charge in [0.1, 0.15) is 17.2 Å². The summed E-state index contributed by atoms with van der Waals surface area (Å²) in [5, 5.41) is 0. The lowest BCUT2D eigenvalue weighted by Gasteiger charge is -2.04. The summed E-state index contributed by atoms with van der Waals surface area (Å²) < 4.78 is 33.5. The van der Waals surface area contributed by atoms with Crippen LogP contribution in [-0.2, 0) is 0 Å². The Morgan fingerprint density at radius 3 is 2.48 bits per heavy atom. The Morgan fingerprint density at radius 2 is 1.81 bits per heavy atom. The zero-order chi connectivity index (χ0) is 15.1. The van der Waals surface area contributed by atoms with E-state index in [1.165, 1.54) is 12.1 Å². The Hall–Kier alpha value is -2.28. The summed E-state index contributed by atoms with van der Waals surface area (Å²) in [6.07, 6.45) is 0. The molecular weight excluding hydrogens is 348 g/mol. The maximum absolute atomic E-state index is 13.7. The first kappa shape index (κ1) is 13.7. The van der Waals surface area contributed by atoms with Gasteiger partial charge in [0.2, 0.25) is 0 Å². The van der Waals surface area contributed by atoms with Gasteiger partial charge in [0.15, 0.2) is 5.58 Å². The van der Waals surface area contributed by atoms with Gasteiger partial charge in [0.05, 0.1) is 5.52 Å². The lowest BCUT2D eigenvalue weighted by Crippen LogP contribution is -2.25. The van der Waals surface area contributed by atoms with Crippen LogP contribution in [0.4, 0.5) is 8.78 Å². The molecule has 0 aliphatic carbocycles. The van der Waals surface area contributed by atoms with Gasteiger partial charge in [-0.2, -0.15) is 0 Å². The Kier molecular flexibility index (Phi) is 3.21. The van der Waals surface area contributed by atoms with Crippen LogP contribution in [0.2, 0.25) is 0 Å². The Morgan fingerprint density at radius 1 is 1.14 bits per heavy atom. The molecule has 0 saturated carbocycles. The van der Waals surface area contributed by atoms with Gasteiger partial charge in [0, 0.05) is 4.47 Å². The minimum Gasteiger partial charge on any atom is -0.407 e. The van der Waals surface area contributed by atoms with E-state index in [9.17, 15) is 18.4 Å². The van der Waals surface area contributed by atoms with Crippen molar-refractivity contribution in [2.45, 2.75) is 0 Å². The number of benzene rings is 2. The van der Waals surface area contributed by atoms with Crippen LogP contribution in [0, 0.1) is 11.6 Å². The van der Waals surface area contributed by atoms with E-state index in [4.69, 9.17) is 4.42 Å². The maximum Gasteiger partial charge on any atom is 0.427 e. The van der Waals surface area contributed by atoms with Gasteiger partial charge in [-0.25, -0.2) is 18.1 Å². The normalized spacial score (nSPS) is 11.0. The van der Waals surface area contributed by atoms with Crippen molar-refractivity contribution in [3.05, 3.63) is 68.6 Å². The minimum absolute atomic E-state index is 0.135. The number of aromatic nitrogens is 1. The van der Waals surface area contributed by atoms with Crippen LogP contribution in [0.15, 0.2) is 50.1 Å². The minimum atomic E-state index is -1.11. The number of carbonyl (C=O) groups is 1. The molecule has 0 fully saturated rings. The monoisotopic (exact) mass is 353 g/mol. The number of halogens is 3. The number of nitrogens with zero attached hydrogens (tertiary/aromatic N) is 1. The molecular formula is C14H6BrF2NO3. The van der Waals surface area contributed by atoms with Crippen molar-refractivity contribution >= 4 is 32.9 Å². The topological polar surface area (TPSA) is 52.2 Å². The van der Waals surface area contributed by atoms with Gasteiger partial charge in [-0.05, 0) is 30.3 Å². The van der Waals surface area contributed by atoms with E-state index in [0.717, 1.165) is 18.2 Å². The molecule has 4 nitrogen and oxygen atoms in total. The summed E-state index contributed by atoms with van der Waals surface area (Å²) in [5.74, 6) is -4.20. The summed E-state index contributed by atoms with van der Waals surface area (Å²) in [4.78, 5) is 24.1. The highest BCUT2D eigenvalue weighted by Gasteiger charge is 2.23. The molecule has 3 rings (SSSR count). The molecule has 0 aliphatic rings.